The van der Waals surface area contributed by atoms with Crippen LogP contribution < -0.4 is 0 Å². The minimum atomic E-state index is 1.18. The van der Waals surface area contributed by atoms with Crippen molar-refractivity contribution in [3.63, 3.8) is 0 Å². The molecule has 0 bridgehead atoms. The van der Waals surface area contributed by atoms with Crippen molar-refractivity contribution in [3.8, 4) is 32.9 Å². The van der Waals surface area contributed by atoms with Crippen molar-refractivity contribution in [1.29, 1.82) is 0 Å². The topological polar surface area (TPSA) is 9.86 Å². The van der Waals surface area contributed by atoms with Crippen molar-refractivity contribution >= 4 is 96.4 Å². The van der Waals surface area contributed by atoms with Gasteiger partial charge in [-0.2, -0.15) is 0 Å². The third-order valence-corrected chi connectivity index (χ3v) is 13.2. The van der Waals surface area contributed by atoms with E-state index in [-0.39, 0.29) is 0 Å². The van der Waals surface area contributed by atoms with Crippen LogP contribution in [0, 0.1) is 0 Å². The lowest BCUT2D eigenvalue weighted by Gasteiger charge is -2.08. The highest BCUT2D eigenvalue weighted by Crippen LogP contribution is 2.45. The number of hydrogen-bond donors (Lipinski definition) is 0. The molecule has 0 unspecified atom stereocenters. The minimum Gasteiger partial charge on any atom is -0.309 e. The number of hydrogen-bond acceptors (Lipinski definition) is 3. The van der Waals surface area contributed by atoms with Gasteiger partial charge in [0.2, 0.25) is 0 Å². The van der Waals surface area contributed by atoms with E-state index < -0.39 is 0 Å². The van der Waals surface area contributed by atoms with Crippen LogP contribution in [0.25, 0.3) is 95.4 Å². The summed E-state index contributed by atoms with van der Waals surface area (Å²) in [6.07, 6.45) is 0. The van der Waals surface area contributed by atoms with Crippen LogP contribution in [-0.2, 0) is 0 Å². The summed E-state index contributed by atoms with van der Waals surface area (Å²) >= 11 is 5.63. The van der Waals surface area contributed by atoms with Crippen molar-refractivity contribution in [3.05, 3.63) is 157 Å². The first-order chi connectivity index (χ1) is 24.3. The van der Waals surface area contributed by atoms with E-state index in [1.165, 1.54) is 95.4 Å². The van der Waals surface area contributed by atoms with Gasteiger partial charge in [0.1, 0.15) is 0 Å². The largest absolute Gasteiger partial charge is 0.309 e. The molecule has 0 aliphatic heterocycles. The molecule has 6 aromatic carbocycles. The number of fused-ring (bicyclic) bond motifs is 9. The molecule has 0 spiro atoms. The van der Waals surface area contributed by atoms with Crippen LogP contribution >= 0.6 is 34.0 Å². The minimum absolute atomic E-state index is 1.18. The smallest absolute Gasteiger partial charge is 0.0711 e. The SMILES string of the molecule is c1ccc(-n2c3ccccc3c3cc(-c4ccc5sc6ccc(-c7cc8c(s7)c7sccc7n8-c7ccccc7)cc6c5c4)ccc32)cc1. The zero-order valence-corrected chi connectivity index (χ0v) is 28.6. The van der Waals surface area contributed by atoms with E-state index in [0.717, 1.165) is 0 Å². The van der Waals surface area contributed by atoms with E-state index in [4.69, 9.17) is 0 Å². The van der Waals surface area contributed by atoms with Crippen LogP contribution in [0.15, 0.2) is 157 Å². The van der Waals surface area contributed by atoms with Crippen LogP contribution in [0.3, 0.4) is 0 Å². The molecule has 11 aromatic rings. The molecule has 230 valence electrons. The van der Waals surface area contributed by atoms with Crippen molar-refractivity contribution in [2.45, 2.75) is 0 Å². The molecule has 5 aromatic heterocycles. The van der Waals surface area contributed by atoms with Gasteiger partial charge in [-0.15, -0.1) is 34.0 Å². The van der Waals surface area contributed by atoms with Gasteiger partial charge in [-0.1, -0.05) is 72.8 Å². The third kappa shape index (κ3) is 4.10. The average Bonchev–Trinajstić information content (AvgIpc) is 3.97. The molecular formula is C44H26N2S3. The van der Waals surface area contributed by atoms with Gasteiger partial charge in [0.25, 0.3) is 0 Å². The average molecular weight is 679 g/mol. The van der Waals surface area contributed by atoms with Crippen molar-refractivity contribution in [2.75, 3.05) is 0 Å². The quantitative estimate of drug-likeness (QED) is 0.175. The van der Waals surface area contributed by atoms with Crippen LogP contribution in [0.5, 0.6) is 0 Å². The summed E-state index contributed by atoms with van der Waals surface area (Å²) in [5.41, 5.74) is 11.2. The number of rotatable bonds is 4. The summed E-state index contributed by atoms with van der Waals surface area (Å²) in [6, 6.07) is 55.8. The monoisotopic (exact) mass is 678 g/mol. The summed E-state index contributed by atoms with van der Waals surface area (Å²) in [4.78, 5) is 1.31. The number of aromatic nitrogens is 2. The number of thiophene rings is 3. The highest BCUT2D eigenvalue weighted by atomic mass is 32.1. The molecule has 5 heteroatoms. The van der Waals surface area contributed by atoms with Gasteiger partial charge < -0.3 is 9.13 Å². The Morgan fingerprint density at radius 3 is 1.71 bits per heavy atom. The summed E-state index contributed by atoms with van der Waals surface area (Å²) in [5, 5.41) is 7.41. The van der Waals surface area contributed by atoms with Crippen LogP contribution in [0.4, 0.5) is 0 Å². The fraction of sp³-hybridized carbons (Fsp3) is 0. The van der Waals surface area contributed by atoms with Gasteiger partial charge in [0, 0.05) is 47.2 Å². The summed E-state index contributed by atoms with van der Waals surface area (Å²) in [5.74, 6) is 0. The maximum absolute atomic E-state index is 2.42. The molecule has 0 aliphatic rings. The van der Waals surface area contributed by atoms with Crippen LogP contribution in [-0.4, -0.2) is 9.13 Å². The van der Waals surface area contributed by atoms with Crippen LogP contribution in [0.1, 0.15) is 0 Å². The highest BCUT2D eigenvalue weighted by Gasteiger charge is 2.19. The van der Waals surface area contributed by atoms with Gasteiger partial charge in [0.15, 0.2) is 0 Å². The molecule has 2 nitrogen and oxygen atoms in total. The zero-order chi connectivity index (χ0) is 32.1. The zero-order valence-electron chi connectivity index (χ0n) is 26.1. The molecule has 0 N–H and O–H groups in total. The predicted molar refractivity (Wildman–Crippen MR) is 215 cm³/mol. The lowest BCUT2D eigenvalue weighted by atomic mass is 10.00. The Kier molecular flexibility index (Phi) is 5.90. The van der Waals surface area contributed by atoms with Gasteiger partial charge in [-0.3, -0.25) is 0 Å². The van der Waals surface area contributed by atoms with E-state index in [0.29, 0.717) is 0 Å². The van der Waals surface area contributed by atoms with Crippen molar-refractivity contribution in [2.24, 2.45) is 0 Å². The molecule has 11 rings (SSSR count). The van der Waals surface area contributed by atoms with E-state index in [1.54, 1.807) is 0 Å². The van der Waals surface area contributed by atoms with E-state index in [1.807, 2.05) is 34.0 Å². The Balaban J connectivity index is 1.05. The Morgan fingerprint density at radius 1 is 0.367 bits per heavy atom. The van der Waals surface area contributed by atoms with Gasteiger partial charge >= 0.3 is 0 Å². The maximum atomic E-state index is 2.42. The lowest BCUT2D eigenvalue weighted by molar-refractivity contribution is 1.18. The second kappa shape index (κ2) is 10.5. The lowest BCUT2D eigenvalue weighted by Crippen LogP contribution is -1.92. The molecule has 5 heterocycles. The second-order valence-electron chi connectivity index (χ2n) is 12.6. The first-order valence-electron chi connectivity index (χ1n) is 16.4. The molecule has 0 amide bonds. The van der Waals surface area contributed by atoms with E-state index >= 15 is 0 Å². The molecule has 0 atom stereocenters. The standard InChI is InChI=1S/C44H26N2S3/c1-3-9-30(10-4-1)45-36-14-8-7-13-32(36)33-23-27(15-18-37(33)45)28-16-19-40-34(24-28)35-25-29(17-20-41(35)48-40)42-26-39-44(49-42)43-38(21-22-47-43)46(39)31-11-5-2-6-12-31/h1-26H. The number of nitrogens with zero attached hydrogens (tertiary/aromatic N) is 2. The van der Waals surface area contributed by atoms with Crippen molar-refractivity contribution < 1.29 is 0 Å². The molecule has 49 heavy (non-hydrogen) atoms. The van der Waals surface area contributed by atoms with Crippen molar-refractivity contribution in [1.82, 2.24) is 9.13 Å². The number of para-hydroxylation sites is 3. The first-order valence-corrected chi connectivity index (χ1v) is 18.9. The Morgan fingerprint density at radius 2 is 0.959 bits per heavy atom. The van der Waals surface area contributed by atoms with E-state index in [2.05, 4.69) is 166 Å². The molecule has 0 saturated heterocycles. The Hall–Kier alpha value is -5.46. The summed E-state index contributed by atoms with van der Waals surface area (Å²) < 4.78 is 10.2. The predicted octanol–water partition coefficient (Wildman–Crippen LogP) is 13.7. The van der Waals surface area contributed by atoms with E-state index in [9.17, 15) is 0 Å². The molecular weight excluding hydrogens is 653 g/mol. The fourth-order valence-electron chi connectivity index (χ4n) is 7.60. The molecule has 0 saturated carbocycles. The Labute approximate surface area is 294 Å². The molecule has 0 fully saturated rings. The Bertz CT molecular complexity index is 3040. The summed E-state index contributed by atoms with van der Waals surface area (Å²) in [7, 11) is 0. The second-order valence-corrected chi connectivity index (χ2v) is 15.6. The number of benzene rings is 6. The third-order valence-electron chi connectivity index (χ3n) is 9.83. The van der Waals surface area contributed by atoms with Gasteiger partial charge in [-0.25, -0.2) is 0 Å². The van der Waals surface area contributed by atoms with Gasteiger partial charge in [-0.05, 0) is 101 Å². The highest BCUT2D eigenvalue weighted by molar-refractivity contribution is 7.28. The fourth-order valence-corrected chi connectivity index (χ4v) is 10.9. The molecule has 0 radical (unpaired) electrons. The first kappa shape index (κ1) is 27.5. The van der Waals surface area contributed by atoms with Gasteiger partial charge in [0.05, 0.1) is 31.5 Å². The summed E-state index contributed by atoms with van der Waals surface area (Å²) in [6.45, 7) is 0. The van der Waals surface area contributed by atoms with Crippen LogP contribution in [0.2, 0.25) is 0 Å². The maximum Gasteiger partial charge on any atom is 0.0711 e. The molecule has 0 aliphatic carbocycles. The normalized spacial score (nSPS) is 12.1.